The van der Waals surface area contributed by atoms with Gasteiger partial charge in [0.2, 0.25) is 0 Å². The quantitative estimate of drug-likeness (QED) is 0.260. The number of rotatable bonds is 8. The SMILES string of the molecule is CCN(CC)c1ccc2c(c1)OC(=O)N(c1ccc(Cl)c(Cl)c1)P2(=Nc1ccc(C)cc1)N(CC)CC. The summed E-state index contributed by atoms with van der Waals surface area (Å²) in [5, 5.41) is 1.67. The van der Waals surface area contributed by atoms with E-state index in [2.05, 4.69) is 49.4 Å². The summed E-state index contributed by atoms with van der Waals surface area (Å²) < 4.78 is 15.4. The maximum absolute atomic E-state index is 13.9. The molecule has 0 radical (unpaired) electrons. The molecule has 9 heteroatoms. The zero-order chi connectivity index (χ0) is 26.7. The number of carbonyl (C=O) groups excluding carboxylic acids is 1. The van der Waals surface area contributed by atoms with Crippen molar-refractivity contribution in [3.63, 3.8) is 0 Å². The smallest absolute Gasteiger partial charge is 0.409 e. The average Bonchev–Trinajstić information content (AvgIpc) is 2.88. The number of halogens is 2. The molecular formula is C28H33Cl2N4O2P. The van der Waals surface area contributed by atoms with E-state index >= 15 is 0 Å². The minimum Gasteiger partial charge on any atom is -0.409 e. The van der Waals surface area contributed by atoms with E-state index < -0.39 is 13.4 Å². The molecule has 3 aromatic carbocycles. The van der Waals surface area contributed by atoms with Gasteiger partial charge in [0.05, 0.1) is 26.7 Å². The van der Waals surface area contributed by atoms with Crippen LogP contribution in [-0.2, 0) is 0 Å². The topological polar surface area (TPSA) is 48.4 Å². The second-order valence-corrected chi connectivity index (χ2v) is 12.3. The minimum atomic E-state index is -2.92. The van der Waals surface area contributed by atoms with Crippen LogP contribution in [0.25, 0.3) is 0 Å². The summed E-state index contributed by atoms with van der Waals surface area (Å²) in [6.45, 7) is 13.5. The Bertz CT molecular complexity index is 1340. The molecule has 1 amide bonds. The lowest BCUT2D eigenvalue weighted by Crippen LogP contribution is -2.46. The van der Waals surface area contributed by atoms with Crippen LogP contribution in [-0.4, -0.2) is 36.9 Å². The summed E-state index contributed by atoms with van der Waals surface area (Å²) in [6.07, 6.45) is -0.487. The highest BCUT2D eigenvalue weighted by Gasteiger charge is 2.46. The summed E-state index contributed by atoms with van der Waals surface area (Å²) >= 11 is 12.7. The zero-order valence-corrected chi connectivity index (χ0v) is 24.3. The Kier molecular flexibility index (Phi) is 8.55. The third kappa shape index (κ3) is 5.13. The van der Waals surface area contributed by atoms with Gasteiger partial charge >= 0.3 is 6.09 Å². The first-order chi connectivity index (χ1) is 17.8. The largest absolute Gasteiger partial charge is 0.425 e. The molecule has 6 nitrogen and oxygen atoms in total. The van der Waals surface area contributed by atoms with Gasteiger partial charge in [0.25, 0.3) is 0 Å². The van der Waals surface area contributed by atoms with Crippen LogP contribution in [0.3, 0.4) is 0 Å². The fraction of sp³-hybridized carbons (Fsp3) is 0.321. The third-order valence-corrected chi connectivity index (χ3v) is 11.2. The Morgan fingerprint density at radius 2 is 1.54 bits per heavy atom. The summed E-state index contributed by atoms with van der Waals surface area (Å²) in [6, 6.07) is 19.4. The molecule has 1 aliphatic rings. The standard InChI is InChI=1S/C28H33Cl2N4O2P/c1-6-32(7-2)22-15-17-27-26(19-22)36-28(35)34(23-14-16-24(29)25(30)18-23)37(27,33(8-3)9-4)31-21-12-10-20(5)11-13-21/h10-19H,6-9H2,1-5H3. The number of hydrogen-bond acceptors (Lipinski definition) is 4. The number of hydrogen-bond donors (Lipinski definition) is 0. The number of benzene rings is 3. The lowest BCUT2D eigenvalue weighted by atomic mass is 10.2. The molecule has 0 bridgehead atoms. The highest BCUT2D eigenvalue weighted by Crippen LogP contribution is 2.62. The zero-order valence-electron chi connectivity index (χ0n) is 21.9. The van der Waals surface area contributed by atoms with Crippen molar-refractivity contribution < 1.29 is 9.53 Å². The fourth-order valence-corrected chi connectivity index (χ4v) is 8.72. The van der Waals surface area contributed by atoms with Gasteiger partial charge in [0.1, 0.15) is 5.75 Å². The number of ether oxygens (including phenoxy) is 1. The van der Waals surface area contributed by atoms with Crippen molar-refractivity contribution in [2.45, 2.75) is 34.6 Å². The van der Waals surface area contributed by atoms with E-state index in [0.29, 0.717) is 34.6 Å². The summed E-state index contributed by atoms with van der Waals surface area (Å²) in [4.78, 5) is 16.2. The molecule has 37 heavy (non-hydrogen) atoms. The number of aryl methyl sites for hydroxylation is 1. The Balaban J connectivity index is 2.10. The van der Waals surface area contributed by atoms with Crippen LogP contribution in [0.1, 0.15) is 33.3 Å². The first-order valence-corrected chi connectivity index (χ1v) is 15.0. The second kappa shape index (κ2) is 11.5. The monoisotopic (exact) mass is 558 g/mol. The van der Waals surface area contributed by atoms with E-state index in [4.69, 9.17) is 32.7 Å². The molecule has 0 spiro atoms. The molecule has 0 N–H and O–H groups in total. The normalized spacial score (nSPS) is 17.0. The van der Waals surface area contributed by atoms with E-state index in [1.807, 2.05) is 37.3 Å². The van der Waals surface area contributed by atoms with Gasteiger partial charge in [0, 0.05) is 37.9 Å². The Hall–Kier alpha value is -2.50. The molecule has 0 saturated heterocycles. The fourth-order valence-electron chi connectivity index (χ4n) is 4.69. The van der Waals surface area contributed by atoms with Gasteiger partial charge in [-0.1, -0.05) is 54.7 Å². The van der Waals surface area contributed by atoms with Crippen molar-refractivity contribution in [1.82, 2.24) is 4.67 Å². The Morgan fingerprint density at radius 1 is 0.865 bits per heavy atom. The van der Waals surface area contributed by atoms with Crippen molar-refractivity contribution in [1.29, 1.82) is 0 Å². The van der Waals surface area contributed by atoms with E-state index in [1.54, 1.807) is 22.9 Å². The van der Waals surface area contributed by atoms with Gasteiger partial charge in [-0.05, 0) is 63.2 Å². The lowest BCUT2D eigenvalue weighted by molar-refractivity contribution is 0.210. The van der Waals surface area contributed by atoms with Crippen molar-refractivity contribution >= 4 is 59.0 Å². The predicted octanol–water partition coefficient (Wildman–Crippen LogP) is 8.50. The van der Waals surface area contributed by atoms with Gasteiger partial charge in [-0.2, -0.15) is 0 Å². The number of anilines is 2. The van der Waals surface area contributed by atoms with Crippen LogP contribution in [0, 0.1) is 6.92 Å². The number of nitrogens with zero attached hydrogens (tertiary/aromatic N) is 4. The van der Waals surface area contributed by atoms with Crippen LogP contribution in [0.5, 0.6) is 5.75 Å². The molecular weight excluding hydrogens is 526 g/mol. The summed E-state index contributed by atoms with van der Waals surface area (Å²) in [7, 11) is -2.92. The first-order valence-electron chi connectivity index (χ1n) is 12.6. The predicted molar refractivity (Wildman–Crippen MR) is 158 cm³/mol. The van der Waals surface area contributed by atoms with Crippen molar-refractivity contribution in [2.75, 3.05) is 35.7 Å². The number of fused-ring (bicyclic) bond motifs is 1. The molecule has 0 fully saturated rings. The van der Waals surface area contributed by atoms with E-state index in [0.717, 1.165) is 35.3 Å². The molecule has 196 valence electrons. The maximum Gasteiger partial charge on any atom is 0.425 e. The average molecular weight is 559 g/mol. The van der Waals surface area contributed by atoms with Gasteiger partial charge in [-0.3, -0.25) is 0 Å². The summed E-state index contributed by atoms with van der Waals surface area (Å²) in [5.74, 6) is 0.543. The van der Waals surface area contributed by atoms with Crippen molar-refractivity contribution in [2.24, 2.45) is 4.74 Å². The molecule has 1 aliphatic heterocycles. The number of carbonyl (C=O) groups is 1. The molecule has 1 atom stereocenters. The van der Waals surface area contributed by atoms with Crippen molar-refractivity contribution in [3.8, 4) is 5.75 Å². The Labute approximate surface area is 229 Å². The van der Waals surface area contributed by atoms with E-state index in [-0.39, 0.29) is 0 Å². The highest BCUT2D eigenvalue weighted by molar-refractivity contribution is 7.74. The molecule has 1 heterocycles. The molecule has 0 aromatic heterocycles. The van der Waals surface area contributed by atoms with Crippen LogP contribution in [0.2, 0.25) is 10.0 Å². The van der Waals surface area contributed by atoms with Crippen LogP contribution >= 0.6 is 30.6 Å². The lowest BCUT2D eigenvalue weighted by Gasteiger charge is -2.45. The van der Waals surface area contributed by atoms with Gasteiger partial charge in [0.15, 0.2) is 7.36 Å². The van der Waals surface area contributed by atoms with Crippen molar-refractivity contribution in [3.05, 3.63) is 76.3 Å². The molecule has 3 aromatic rings. The summed E-state index contributed by atoms with van der Waals surface area (Å²) in [5.41, 5.74) is 3.54. The highest BCUT2D eigenvalue weighted by atomic mass is 35.5. The van der Waals surface area contributed by atoms with E-state index in [9.17, 15) is 4.79 Å². The van der Waals surface area contributed by atoms with Crippen LogP contribution in [0.15, 0.2) is 65.4 Å². The third-order valence-electron chi connectivity index (χ3n) is 6.61. The van der Waals surface area contributed by atoms with Gasteiger partial charge < -0.3 is 9.64 Å². The molecule has 0 saturated carbocycles. The van der Waals surface area contributed by atoms with Crippen LogP contribution in [0.4, 0.5) is 21.9 Å². The molecule has 0 aliphatic carbocycles. The Morgan fingerprint density at radius 3 is 2.14 bits per heavy atom. The molecule has 1 unspecified atom stereocenters. The van der Waals surface area contributed by atoms with Crippen LogP contribution < -0.4 is 19.6 Å². The molecule has 4 rings (SSSR count). The van der Waals surface area contributed by atoms with E-state index in [1.165, 1.54) is 0 Å². The van der Waals surface area contributed by atoms with Gasteiger partial charge in [-0.15, -0.1) is 0 Å². The van der Waals surface area contributed by atoms with Gasteiger partial charge in [-0.25, -0.2) is 18.9 Å². The maximum atomic E-state index is 13.9. The first kappa shape index (κ1) is 27.5. The number of amides is 1. The minimum absolute atomic E-state index is 0.364. The second-order valence-electron chi connectivity index (χ2n) is 8.75.